The first-order valence-electron chi connectivity index (χ1n) is 12.7. The highest BCUT2D eigenvalue weighted by Gasteiger charge is 2.31. The molecule has 0 saturated carbocycles. The Hall–Kier alpha value is -4.73. The highest BCUT2D eigenvalue weighted by Crippen LogP contribution is 2.08. The van der Waals surface area contributed by atoms with Gasteiger partial charge in [-0.1, -0.05) is 30.3 Å². The zero-order chi connectivity index (χ0) is 30.9. The summed E-state index contributed by atoms with van der Waals surface area (Å²) in [6, 6.07) is 3.15. The first-order chi connectivity index (χ1) is 19.3. The quantitative estimate of drug-likeness (QED) is 0.0483. The summed E-state index contributed by atoms with van der Waals surface area (Å²) in [6.45, 7) is 0.108. The summed E-state index contributed by atoms with van der Waals surface area (Å²) < 4.78 is 0. The molecule has 1 rings (SSSR count). The molecule has 0 heterocycles. The molecular weight excluding hydrogens is 542 g/mol. The number of aliphatic carboxylic acids is 3. The third-order valence-electron chi connectivity index (χ3n) is 5.76. The maximum Gasteiger partial charge on any atom is 0.326 e. The Morgan fingerprint density at radius 2 is 1.27 bits per heavy atom. The zero-order valence-electron chi connectivity index (χ0n) is 22.3. The molecule has 0 aliphatic carbocycles. The lowest BCUT2D eigenvalue weighted by molar-refractivity contribution is -0.143. The van der Waals surface area contributed by atoms with Crippen LogP contribution in [-0.2, 0) is 35.2 Å². The molecule has 16 nitrogen and oxygen atoms in total. The van der Waals surface area contributed by atoms with Crippen molar-refractivity contribution in [3.05, 3.63) is 35.9 Å². The molecule has 4 unspecified atom stereocenters. The molecule has 1 aromatic rings. The van der Waals surface area contributed by atoms with Crippen molar-refractivity contribution in [2.45, 2.75) is 69.1 Å². The van der Waals surface area contributed by atoms with Crippen molar-refractivity contribution in [1.29, 1.82) is 0 Å². The molecule has 0 radical (unpaired) electrons. The Labute approximate surface area is 235 Å². The van der Waals surface area contributed by atoms with Crippen LogP contribution in [0.4, 0.5) is 0 Å². The number of hydrogen-bond donors (Lipinski definition) is 9. The third-order valence-corrected chi connectivity index (χ3v) is 5.76. The monoisotopic (exact) mass is 579 g/mol. The van der Waals surface area contributed by atoms with E-state index < -0.39 is 66.2 Å². The highest BCUT2D eigenvalue weighted by molar-refractivity contribution is 5.94. The molecule has 3 amide bonds. The predicted octanol–water partition coefficient (Wildman–Crippen LogP) is -2.12. The number of carbonyl (C=O) groups excluding carboxylic acids is 3. The van der Waals surface area contributed by atoms with Gasteiger partial charge in [-0.2, -0.15) is 0 Å². The van der Waals surface area contributed by atoms with E-state index in [1.807, 2.05) is 0 Å². The molecule has 0 fully saturated rings. The van der Waals surface area contributed by atoms with Crippen LogP contribution in [0.3, 0.4) is 0 Å². The number of hydrogen-bond acceptors (Lipinski definition) is 8. The minimum absolute atomic E-state index is 0.0418. The number of amides is 3. The fraction of sp³-hybridized carbons (Fsp3) is 0.480. The van der Waals surface area contributed by atoms with E-state index in [0.717, 1.165) is 0 Å². The van der Waals surface area contributed by atoms with E-state index in [1.165, 1.54) is 0 Å². The average molecular weight is 580 g/mol. The third kappa shape index (κ3) is 14.3. The van der Waals surface area contributed by atoms with Gasteiger partial charge in [0.15, 0.2) is 5.96 Å². The van der Waals surface area contributed by atoms with Crippen LogP contribution in [0.1, 0.15) is 44.1 Å². The second-order valence-corrected chi connectivity index (χ2v) is 9.13. The largest absolute Gasteiger partial charge is 0.481 e. The van der Waals surface area contributed by atoms with Crippen LogP contribution in [0.5, 0.6) is 0 Å². The Morgan fingerprint density at radius 3 is 1.83 bits per heavy atom. The molecule has 4 atom stereocenters. The van der Waals surface area contributed by atoms with Crippen molar-refractivity contribution in [3.8, 4) is 0 Å². The molecule has 0 aromatic heterocycles. The Bertz CT molecular complexity index is 1090. The van der Waals surface area contributed by atoms with Crippen LogP contribution < -0.4 is 33.2 Å². The normalized spacial score (nSPS) is 13.5. The van der Waals surface area contributed by atoms with Gasteiger partial charge in [-0.3, -0.25) is 29.0 Å². The lowest BCUT2D eigenvalue weighted by Crippen LogP contribution is -2.57. The number of benzene rings is 1. The summed E-state index contributed by atoms with van der Waals surface area (Å²) in [4.78, 5) is 76.4. The van der Waals surface area contributed by atoms with E-state index in [-0.39, 0.29) is 51.0 Å². The first-order valence-corrected chi connectivity index (χ1v) is 12.7. The summed E-state index contributed by atoms with van der Waals surface area (Å²) in [6.07, 6.45) is -1.37. The van der Waals surface area contributed by atoms with E-state index in [1.54, 1.807) is 30.3 Å². The van der Waals surface area contributed by atoms with Gasteiger partial charge in [0.2, 0.25) is 17.7 Å². The van der Waals surface area contributed by atoms with Crippen LogP contribution in [0.25, 0.3) is 0 Å². The van der Waals surface area contributed by atoms with Crippen molar-refractivity contribution in [1.82, 2.24) is 16.0 Å². The van der Waals surface area contributed by atoms with E-state index in [4.69, 9.17) is 27.4 Å². The lowest BCUT2D eigenvalue weighted by atomic mass is 10.0. The second-order valence-electron chi connectivity index (χ2n) is 9.13. The van der Waals surface area contributed by atoms with Gasteiger partial charge < -0.3 is 48.5 Å². The van der Waals surface area contributed by atoms with Gasteiger partial charge in [-0.15, -0.1) is 0 Å². The van der Waals surface area contributed by atoms with Crippen molar-refractivity contribution >= 4 is 41.6 Å². The van der Waals surface area contributed by atoms with Crippen LogP contribution >= 0.6 is 0 Å². The van der Waals surface area contributed by atoms with Crippen molar-refractivity contribution in [3.63, 3.8) is 0 Å². The summed E-state index contributed by atoms with van der Waals surface area (Å²) >= 11 is 0. The summed E-state index contributed by atoms with van der Waals surface area (Å²) in [5.41, 5.74) is 16.9. The molecule has 0 spiro atoms. The van der Waals surface area contributed by atoms with Gasteiger partial charge in [0.1, 0.15) is 18.1 Å². The van der Waals surface area contributed by atoms with Gasteiger partial charge in [-0.25, -0.2) is 4.79 Å². The molecule has 0 saturated heterocycles. The number of rotatable bonds is 19. The Balaban J connectivity index is 3.09. The topological polar surface area (TPSA) is 290 Å². The summed E-state index contributed by atoms with van der Waals surface area (Å²) in [5.74, 6) is -6.58. The Morgan fingerprint density at radius 1 is 0.732 bits per heavy atom. The number of carboxylic acid groups (broad SMARTS) is 3. The molecule has 0 bridgehead atoms. The van der Waals surface area contributed by atoms with Crippen LogP contribution in [-0.4, -0.2) is 87.6 Å². The molecule has 1 aromatic carbocycles. The number of aliphatic imine (C=N–C) groups is 1. The minimum atomic E-state index is -1.46. The molecular formula is C25H37N7O9. The van der Waals surface area contributed by atoms with E-state index in [0.29, 0.717) is 5.56 Å². The van der Waals surface area contributed by atoms with Crippen molar-refractivity contribution in [2.24, 2.45) is 22.2 Å². The summed E-state index contributed by atoms with van der Waals surface area (Å²) in [5, 5.41) is 34.6. The first kappa shape index (κ1) is 34.3. The fourth-order valence-electron chi connectivity index (χ4n) is 3.59. The number of carboxylic acids is 3. The highest BCUT2D eigenvalue weighted by atomic mass is 16.4. The van der Waals surface area contributed by atoms with Gasteiger partial charge in [0.25, 0.3) is 0 Å². The number of carbonyl (C=O) groups is 6. The van der Waals surface area contributed by atoms with Crippen molar-refractivity contribution in [2.75, 3.05) is 6.54 Å². The molecule has 41 heavy (non-hydrogen) atoms. The molecule has 226 valence electrons. The van der Waals surface area contributed by atoms with Crippen LogP contribution in [0.15, 0.2) is 35.3 Å². The van der Waals surface area contributed by atoms with E-state index in [9.17, 15) is 33.9 Å². The van der Waals surface area contributed by atoms with Gasteiger partial charge in [-0.05, 0) is 31.2 Å². The number of nitrogens with two attached hydrogens (primary N) is 3. The smallest absolute Gasteiger partial charge is 0.326 e. The fourth-order valence-corrected chi connectivity index (χ4v) is 3.59. The van der Waals surface area contributed by atoms with Gasteiger partial charge in [0, 0.05) is 25.8 Å². The molecule has 16 heteroatoms. The van der Waals surface area contributed by atoms with Crippen LogP contribution in [0.2, 0.25) is 0 Å². The van der Waals surface area contributed by atoms with Gasteiger partial charge >= 0.3 is 17.9 Å². The molecule has 0 aliphatic rings. The minimum Gasteiger partial charge on any atom is -0.481 e. The average Bonchev–Trinajstić information content (AvgIpc) is 2.90. The van der Waals surface area contributed by atoms with E-state index >= 15 is 0 Å². The second kappa shape index (κ2) is 17.8. The maximum absolute atomic E-state index is 13.3. The number of nitrogens with one attached hydrogen (secondary N) is 3. The number of guanidine groups is 1. The van der Waals surface area contributed by atoms with E-state index in [2.05, 4.69) is 20.9 Å². The molecule has 12 N–H and O–H groups in total. The Kier molecular flexibility index (Phi) is 14.9. The van der Waals surface area contributed by atoms with Gasteiger partial charge in [0.05, 0.1) is 6.04 Å². The van der Waals surface area contributed by atoms with Crippen molar-refractivity contribution < 1.29 is 44.1 Å². The lowest BCUT2D eigenvalue weighted by Gasteiger charge is -2.25. The predicted molar refractivity (Wildman–Crippen MR) is 145 cm³/mol. The number of nitrogens with zero attached hydrogens (tertiary/aromatic N) is 1. The summed E-state index contributed by atoms with van der Waals surface area (Å²) in [7, 11) is 0. The zero-order valence-corrected chi connectivity index (χ0v) is 22.3. The maximum atomic E-state index is 13.3. The SMILES string of the molecule is NC(N)=NCCCC(NC(=O)C(CCC(=O)O)NC(=O)C(Cc1ccccc1)NC(=O)C(N)CCC(=O)O)C(=O)O. The molecule has 0 aliphatic heterocycles. The standard InChI is InChI=1S/C25H37N7O9/c26-15(8-10-19(33)34)21(37)32-18(13-14-5-2-1-3-6-14)23(39)30-16(9-11-20(35)36)22(38)31-17(24(40)41)7-4-12-29-25(27)28/h1-3,5-6,15-18H,4,7-13,26H2,(H,30,39)(H,31,38)(H,32,37)(H,33,34)(H,35,36)(H,40,41)(H4,27,28,29). The van der Waals surface area contributed by atoms with Crippen LogP contribution in [0, 0.1) is 0 Å².